The lowest BCUT2D eigenvalue weighted by Gasteiger charge is -2.40. The highest BCUT2D eigenvalue weighted by molar-refractivity contribution is 5.43. The molecule has 4 rings (SSSR count). The fraction of sp³-hybridized carbons (Fsp3) is 0.429. The van der Waals surface area contributed by atoms with Crippen LogP contribution in [-0.2, 0) is 10.3 Å². The second kappa shape index (κ2) is 5.77. The lowest BCUT2D eigenvalue weighted by atomic mass is 9.77. The van der Waals surface area contributed by atoms with Crippen molar-refractivity contribution < 1.29 is 4.74 Å². The quantitative estimate of drug-likeness (QED) is 0.809. The van der Waals surface area contributed by atoms with Crippen LogP contribution in [0, 0.1) is 0 Å². The molecule has 0 radical (unpaired) electrons. The molecule has 2 aromatic rings. The minimum Gasteiger partial charge on any atom is -0.358 e. The van der Waals surface area contributed by atoms with Gasteiger partial charge in [-0.3, -0.25) is 0 Å². The normalized spacial score (nSPS) is 29.9. The monoisotopic (exact) mass is 307 g/mol. The summed E-state index contributed by atoms with van der Waals surface area (Å²) in [7, 11) is 4.39. The summed E-state index contributed by atoms with van der Waals surface area (Å²) in [5, 5.41) is 0. The molecule has 2 heteroatoms. The van der Waals surface area contributed by atoms with E-state index in [1.165, 1.54) is 29.5 Å². The van der Waals surface area contributed by atoms with Crippen LogP contribution in [0.15, 0.2) is 54.6 Å². The SMILES string of the molecule is CN(C)C1CCC2(CC1)O[C@H](c1ccccc1)c1ccccc12. The third-order valence-corrected chi connectivity index (χ3v) is 5.67. The van der Waals surface area contributed by atoms with Gasteiger partial charge in [-0.05, 0) is 56.5 Å². The van der Waals surface area contributed by atoms with Crippen LogP contribution in [0.2, 0.25) is 0 Å². The Hall–Kier alpha value is -1.64. The van der Waals surface area contributed by atoms with Gasteiger partial charge in [0.15, 0.2) is 0 Å². The van der Waals surface area contributed by atoms with Gasteiger partial charge in [0.1, 0.15) is 6.10 Å². The molecular formula is C21H25NO. The third kappa shape index (κ3) is 2.50. The van der Waals surface area contributed by atoms with Crippen molar-refractivity contribution in [3.05, 3.63) is 71.3 Å². The largest absolute Gasteiger partial charge is 0.358 e. The van der Waals surface area contributed by atoms with E-state index >= 15 is 0 Å². The van der Waals surface area contributed by atoms with E-state index in [4.69, 9.17) is 4.74 Å². The molecule has 0 aromatic heterocycles. The van der Waals surface area contributed by atoms with E-state index in [1.807, 2.05) is 0 Å². The number of rotatable bonds is 2. The van der Waals surface area contributed by atoms with Gasteiger partial charge in [0.05, 0.1) is 5.60 Å². The highest BCUT2D eigenvalue weighted by atomic mass is 16.5. The van der Waals surface area contributed by atoms with Crippen molar-refractivity contribution in [1.29, 1.82) is 0 Å². The Morgan fingerprint density at radius 1 is 0.913 bits per heavy atom. The van der Waals surface area contributed by atoms with Crippen LogP contribution in [0.25, 0.3) is 0 Å². The fourth-order valence-corrected chi connectivity index (χ4v) is 4.34. The maximum absolute atomic E-state index is 6.76. The maximum atomic E-state index is 6.76. The average Bonchev–Trinajstić information content (AvgIpc) is 2.91. The van der Waals surface area contributed by atoms with Crippen molar-refractivity contribution in [3.63, 3.8) is 0 Å². The Labute approximate surface area is 139 Å². The van der Waals surface area contributed by atoms with E-state index in [2.05, 4.69) is 73.6 Å². The van der Waals surface area contributed by atoms with Crippen LogP contribution >= 0.6 is 0 Å². The highest BCUT2D eigenvalue weighted by Gasteiger charge is 2.47. The highest BCUT2D eigenvalue weighted by Crippen LogP contribution is 2.53. The van der Waals surface area contributed by atoms with Crippen LogP contribution < -0.4 is 0 Å². The molecule has 0 N–H and O–H groups in total. The molecule has 2 aliphatic rings. The minimum absolute atomic E-state index is 0.0798. The Bertz CT molecular complexity index is 671. The van der Waals surface area contributed by atoms with Gasteiger partial charge in [0.2, 0.25) is 0 Å². The van der Waals surface area contributed by atoms with Gasteiger partial charge in [-0.15, -0.1) is 0 Å². The van der Waals surface area contributed by atoms with Gasteiger partial charge in [-0.25, -0.2) is 0 Å². The summed E-state index contributed by atoms with van der Waals surface area (Å²) in [4.78, 5) is 2.36. The van der Waals surface area contributed by atoms with Gasteiger partial charge in [-0.2, -0.15) is 0 Å². The molecular weight excluding hydrogens is 282 g/mol. The van der Waals surface area contributed by atoms with Crippen molar-refractivity contribution >= 4 is 0 Å². The standard InChI is InChI=1S/C21H25NO/c1-22(2)17-12-14-21(15-13-17)19-11-7-6-10-18(19)20(23-21)16-8-4-3-5-9-16/h3-11,17,20H,12-15H2,1-2H3/t17?,20-,21?/m1/s1. The van der Waals surface area contributed by atoms with Crippen molar-refractivity contribution in [2.75, 3.05) is 14.1 Å². The van der Waals surface area contributed by atoms with Crippen LogP contribution in [-0.4, -0.2) is 25.0 Å². The zero-order valence-corrected chi connectivity index (χ0v) is 14.0. The van der Waals surface area contributed by atoms with E-state index in [9.17, 15) is 0 Å². The molecule has 1 aliphatic heterocycles. The Kier molecular flexibility index (Phi) is 3.74. The van der Waals surface area contributed by atoms with Gasteiger partial charge in [0, 0.05) is 6.04 Å². The molecule has 1 aliphatic carbocycles. The molecule has 2 nitrogen and oxygen atoms in total. The first-order valence-electron chi connectivity index (χ1n) is 8.68. The van der Waals surface area contributed by atoms with Crippen LogP contribution in [0.3, 0.4) is 0 Å². The summed E-state index contributed by atoms with van der Waals surface area (Å²) in [5.74, 6) is 0. The number of ether oxygens (including phenoxy) is 1. The second-order valence-electron chi connectivity index (χ2n) is 7.18. The third-order valence-electron chi connectivity index (χ3n) is 5.67. The zero-order valence-electron chi connectivity index (χ0n) is 14.0. The molecule has 1 fully saturated rings. The first-order valence-corrected chi connectivity index (χ1v) is 8.68. The summed E-state index contributed by atoms with van der Waals surface area (Å²) in [6.45, 7) is 0. The molecule has 1 atom stereocenters. The van der Waals surface area contributed by atoms with Crippen LogP contribution in [0.4, 0.5) is 0 Å². The van der Waals surface area contributed by atoms with Crippen LogP contribution in [0.1, 0.15) is 48.5 Å². The number of hydrogen-bond acceptors (Lipinski definition) is 2. The second-order valence-corrected chi connectivity index (χ2v) is 7.18. The topological polar surface area (TPSA) is 12.5 Å². The van der Waals surface area contributed by atoms with E-state index in [0.29, 0.717) is 6.04 Å². The van der Waals surface area contributed by atoms with Gasteiger partial charge in [-0.1, -0.05) is 54.6 Å². The molecule has 23 heavy (non-hydrogen) atoms. The molecule has 0 bridgehead atoms. The Morgan fingerprint density at radius 2 is 1.57 bits per heavy atom. The van der Waals surface area contributed by atoms with Crippen molar-refractivity contribution in [1.82, 2.24) is 4.90 Å². The summed E-state index contributed by atoms with van der Waals surface area (Å²) < 4.78 is 6.76. The van der Waals surface area contributed by atoms with Crippen molar-refractivity contribution in [3.8, 4) is 0 Å². The zero-order chi connectivity index (χ0) is 15.9. The minimum atomic E-state index is -0.0798. The molecule has 1 saturated carbocycles. The first kappa shape index (κ1) is 14.9. The Morgan fingerprint density at radius 3 is 2.26 bits per heavy atom. The number of nitrogens with zero attached hydrogens (tertiary/aromatic N) is 1. The molecule has 120 valence electrons. The van der Waals surface area contributed by atoms with Crippen LogP contribution in [0.5, 0.6) is 0 Å². The first-order chi connectivity index (χ1) is 11.2. The molecule has 0 unspecified atom stereocenters. The number of benzene rings is 2. The summed E-state index contributed by atoms with van der Waals surface area (Å²) in [5.41, 5.74) is 3.98. The van der Waals surface area contributed by atoms with Gasteiger partial charge >= 0.3 is 0 Å². The number of fused-ring (bicyclic) bond motifs is 2. The van der Waals surface area contributed by atoms with Crippen molar-refractivity contribution in [2.24, 2.45) is 0 Å². The predicted octanol–water partition coefficient (Wildman–Crippen LogP) is 4.51. The van der Waals surface area contributed by atoms with E-state index < -0.39 is 0 Å². The smallest absolute Gasteiger partial charge is 0.109 e. The van der Waals surface area contributed by atoms with E-state index in [-0.39, 0.29) is 11.7 Å². The number of hydrogen-bond donors (Lipinski definition) is 0. The lowest BCUT2D eigenvalue weighted by molar-refractivity contribution is -0.0931. The summed E-state index contributed by atoms with van der Waals surface area (Å²) in [6, 6.07) is 20.2. The summed E-state index contributed by atoms with van der Waals surface area (Å²) >= 11 is 0. The fourth-order valence-electron chi connectivity index (χ4n) is 4.34. The molecule has 1 heterocycles. The lowest BCUT2D eigenvalue weighted by Crippen LogP contribution is -2.39. The molecule has 1 spiro atoms. The van der Waals surface area contributed by atoms with Gasteiger partial charge in [0.25, 0.3) is 0 Å². The van der Waals surface area contributed by atoms with E-state index in [1.54, 1.807) is 0 Å². The van der Waals surface area contributed by atoms with E-state index in [0.717, 1.165) is 12.8 Å². The average molecular weight is 307 g/mol. The molecule has 0 amide bonds. The molecule has 2 aromatic carbocycles. The van der Waals surface area contributed by atoms with Gasteiger partial charge < -0.3 is 9.64 Å². The Balaban J connectivity index is 1.69. The summed E-state index contributed by atoms with van der Waals surface area (Å²) in [6.07, 6.45) is 4.75. The maximum Gasteiger partial charge on any atom is 0.109 e. The molecule has 0 saturated heterocycles. The predicted molar refractivity (Wildman–Crippen MR) is 93.4 cm³/mol. The van der Waals surface area contributed by atoms with Crippen molar-refractivity contribution in [2.45, 2.75) is 43.4 Å².